The van der Waals surface area contributed by atoms with Crippen molar-refractivity contribution < 1.29 is 4.74 Å². The molecule has 17 heavy (non-hydrogen) atoms. The summed E-state index contributed by atoms with van der Waals surface area (Å²) in [6, 6.07) is 0.713. The minimum absolute atomic E-state index is 0.656. The summed E-state index contributed by atoms with van der Waals surface area (Å²) in [6.07, 6.45) is 3.85. The van der Waals surface area contributed by atoms with Gasteiger partial charge in [0.25, 0.3) is 0 Å². The van der Waals surface area contributed by atoms with Crippen molar-refractivity contribution in [3.05, 3.63) is 0 Å². The maximum Gasteiger partial charge on any atom is 0.0489 e. The molecule has 3 nitrogen and oxygen atoms in total. The van der Waals surface area contributed by atoms with Crippen molar-refractivity contribution in [2.75, 3.05) is 39.4 Å². The molecule has 1 unspecified atom stereocenters. The third-order valence-corrected chi connectivity index (χ3v) is 3.21. The van der Waals surface area contributed by atoms with Crippen molar-refractivity contribution >= 4 is 0 Å². The Labute approximate surface area is 107 Å². The molecule has 0 bridgehead atoms. The van der Waals surface area contributed by atoms with Crippen LogP contribution in [-0.2, 0) is 4.74 Å². The van der Waals surface area contributed by atoms with E-state index in [1.165, 1.54) is 38.9 Å². The average Bonchev–Trinajstić information content (AvgIpc) is 2.29. The van der Waals surface area contributed by atoms with Gasteiger partial charge in [-0.3, -0.25) is 0 Å². The molecule has 0 aromatic rings. The van der Waals surface area contributed by atoms with Gasteiger partial charge in [-0.15, -0.1) is 0 Å². The third kappa shape index (κ3) is 7.02. The molecule has 0 saturated carbocycles. The highest BCUT2D eigenvalue weighted by atomic mass is 16.5. The van der Waals surface area contributed by atoms with Crippen LogP contribution in [0.3, 0.4) is 0 Å². The molecule has 0 spiro atoms. The molecule has 0 aliphatic carbocycles. The average molecular weight is 242 g/mol. The second-order valence-electron chi connectivity index (χ2n) is 5.52. The van der Waals surface area contributed by atoms with Gasteiger partial charge >= 0.3 is 0 Å². The van der Waals surface area contributed by atoms with Crippen molar-refractivity contribution in [2.24, 2.45) is 5.92 Å². The van der Waals surface area contributed by atoms with Gasteiger partial charge in [0.05, 0.1) is 0 Å². The van der Waals surface area contributed by atoms with Crippen LogP contribution in [0.2, 0.25) is 0 Å². The first-order valence-electron chi connectivity index (χ1n) is 7.25. The van der Waals surface area contributed by atoms with Gasteiger partial charge < -0.3 is 15.0 Å². The van der Waals surface area contributed by atoms with E-state index >= 15 is 0 Å². The molecule has 1 N–H and O–H groups in total. The van der Waals surface area contributed by atoms with Gasteiger partial charge in [0.1, 0.15) is 0 Å². The van der Waals surface area contributed by atoms with Crippen LogP contribution in [-0.4, -0.2) is 50.3 Å². The summed E-state index contributed by atoms with van der Waals surface area (Å²) < 4.78 is 5.62. The molecule has 0 aromatic heterocycles. The van der Waals surface area contributed by atoms with Crippen LogP contribution in [0, 0.1) is 5.92 Å². The lowest BCUT2D eigenvalue weighted by Gasteiger charge is -2.33. The summed E-state index contributed by atoms with van der Waals surface area (Å²) in [7, 11) is 0. The fourth-order valence-corrected chi connectivity index (χ4v) is 2.42. The van der Waals surface area contributed by atoms with Gasteiger partial charge in [-0.1, -0.05) is 20.8 Å². The Bertz CT molecular complexity index is 183. The van der Waals surface area contributed by atoms with Crippen LogP contribution in [0.25, 0.3) is 0 Å². The topological polar surface area (TPSA) is 24.5 Å². The standard InChI is InChI=1S/C14H30N2O/c1-4-15-14-7-5-8-16(11-14)9-6-10-17-12-13(2)3/h13-15H,4-12H2,1-3H3. The third-order valence-electron chi connectivity index (χ3n) is 3.21. The SMILES string of the molecule is CCNC1CCCN(CCCOCC(C)C)C1. The molecule has 0 radical (unpaired) electrons. The van der Waals surface area contributed by atoms with Crippen LogP contribution in [0.5, 0.6) is 0 Å². The molecular weight excluding hydrogens is 212 g/mol. The van der Waals surface area contributed by atoms with E-state index in [4.69, 9.17) is 4.74 Å². The fraction of sp³-hybridized carbons (Fsp3) is 1.00. The Hall–Kier alpha value is -0.120. The van der Waals surface area contributed by atoms with Gasteiger partial charge in [0.15, 0.2) is 0 Å². The van der Waals surface area contributed by atoms with E-state index in [2.05, 4.69) is 31.0 Å². The molecule has 1 fully saturated rings. The second kappa shape index (κ2) is 8.90. The Kier molecular flexibility index (Phi) is 7.82. The monoisotopic (exact) mass is 242 g/mol. The summed E-state index contributed by atoms with van der Waals surface area (Å²) >= 11 is 0. The normalized spacial score (nSPS) is 22.2. The van der Waals surface area contributed by atoms with Crippen molar-refractivity contribution in [2.45, 2.75) is 46.1 Å². The van der Waals surface area contributed by atoms with Crippen molar-refractivity contribution in [3.63, 3.8) is 0 Å². The molecule has 1 aliphatic heterocycles. The Balaban J connectivity index is 2.02. The van der Waals surface area contributed by atoms with Crippen molar-refractivity contribution in [1.29, 1.82) is 0 Å². The van der Waals surface area contributed by atoms with Crippen LogP contribution in [0.4, 0.5) is 0 Å². The van der Waals surface area contributed by atoms with Crippen molar-refractivity contribution in [1.82, 2.24) is 10.2 Å². The molecule has 1 aliphatic rings. The maximum absolute atomic E-state index is 5.62. The molecule has 0 aromatic carbocycles. The van der Waals surface area contributed by atoms with Gasteiger partial charge in [-0.2, -0.15) is 0 Å². The molecular formula is C14H30N2O. The number of nitrogens with zero attached hydrogens (tertiary/aromatic N) is 1. The number of hydrogen-bond acceptors (Lipinski definition) is 3. The highest BCUT2D eigenvalue weighted by Crippen LogP contribution is 2.10. The highest BCUT2D eigenvalue weighted by molar-refractivity contribution is 4.77. The molecule has 1 atom stereocenters. The molecule has 102 valence electrons. The van der Waals surface area contributed by atoms with Gasteiger partial charge in [0.2, 0.25) is 0 Å². The number of likely N-dealkylation sites (tertiary alicyclic amines) is 1. The first kappa shape index (κ1) is 14.9. The lowest BCUT2D eigenvalue weighted by atomic mass is 10.1. The van der Waals surface area contributed by atoms with E-state index in [0.717, 1.165) is 19.8 Å². The predicted octanol–water partition coefficient (Wildman–Crippen LogP) is 2.12. The Morgan fingerprint density at radius 1 is 1.41 bits per heavy atom. The quantitative estimate of drug-likeness (QED) is 0.660. The zero-order valence-corrected chi connectivity index (χ0v) is 11.9. The first-order valence-corrected chi connectivity index (χ1v) is 7.25. The van der Waals surface area contributed by atoms with Crippen molar-refractivity contribution in [3.8, 4) is 0 Å². The smallest absolute Gasteiger partial charge is 0.0489 e. The summed E-state index contributed by atoms with van der Waals surface area (Å²) in [5.74, 6) is 0.656. The molecule has 1 heterocycles. The predicted molar refractivity (Wildman–Crippen MR) is 73.4 cm³/mol. The van der Waals surface area contributed by atoms with Gasteiger partial charge in [0, 0.05) is 32.3 Å². The number of rotatable bonds is 8. The Morgan fingerprint density at radius 2 is 2.24 bits per heavy atom. The van der Waals surface area contributed by atoms with Crippen LogP contribution < -0.4 is 5.32 Å². The maximum atomic E-state index is 5.62. The molecule has 0 amide bonds. The van der Waals surface area contributed by atoms with Gasteiger partial charge in [-0.05, 0) is 38.3 Å². The number of hydrogen-bond donors (Lipinski definition) is 1. The minimum atomic E-state index is 0.656. The summed E-state index contributed by atoms with van der Waals surface area (Å²) in [6.45, 7) is 13.2. The zero-order chi connectivity index (χ0) is 12.5. The lowest BCUT2D eigenvalue weighted by Crippen LogP contribution is -2.45. The minimum Gasteiger partial charge on any atom is -0.381 e. The number of likely N-dealkylation sites (N-methyl/N-ethyl adjacent to an activating group) is 1. The van der Waals surface area contributed by atoms with Crippen LogP contribution >= 0.6 is 0 Å². The summed E-state index contributed by atoms with van der Waals surface area (Å²) in [4.78, 5) is 2.58. The van der Waals surface area contributed by atoms with E-state index in [1.54, 1.807) is 0 Å². The van der Waals surface area contributed by atoms with E-state index in [1.807, 2.05) is 0 Å². The van der Waals surface area contributed by atoms with Crippen LogP contribution in [0.15, 0.2) is 0 Å². The van der Waals surface area contributed by atoms with E-state index in [0.29, 0.717) is 12.0 Å². The summed E-state index contributed by atoms with van der Waals surface area (Å²) in [5.41, 5.74) is 0. The molecule has 1 rings (SSSR count). The molecule has 1 saturated heterocycles. The Morgan fingerprint density at radius 3 is 2.94 bits per heavy atom. The second-order valence-corrected chi connectivity index (χ2v) is 5.52. The van der Waals surface area contributed by atoms with E-state index in [-0.39, 0.29) is 0 Å². The molecule has 3 heteroatoms. The fourth-order valence-electron chi connectivity index (χ4n) is 2.42. The lowest BCUT2D eigenvalue weighted by molar-refractivity contribution is 0.0943. The zero-order valence-electron chi connectivity index (χ0n) is 11.9. The first-order chi connectivity index (χ1) is 8.22. The van der Waals surface area contributed by atoms with Gasteiger partial charge in [-0.25, -0.2) is 0 Å². The van der Waals surface area contributed by atoms with E-state index in [9.17, 15) is 0 Å². The number of nitrogens with one attached hydrogen (secondary N) is 1. The number of piperidine rings is 1. The summed E-state index contributed by atoms with van der Waals surface area (Å²) in [5, 5.41) is 3.56. The van der Waals surface area contributed by atoms with E-state index < -0.39 is 0 Å². The largest absolute Gasteiger partial charge is 0.381 e. The van der Waals surface area contributed by atoms with Crippen LogP contribution in [0.1, 0.15) is 40.0 Å². The number of ether oxygens (including phenoxy) is 1. The highest BCUT2D eigenvalue weighted by Gasteiger charge is 2.18.